The van der Waals surface area contributed by atoms with Crippen LogP contribution in [0, 0.1) is 5.82 Å². The molecule has 0 atom stereocenters. The van der Waals surface area contributed by atoms with Gasteiger partial charge >= 0.3 is 0 Å². The van der Waals surface area contributed by atoms with Crippen molar-refractivity contribution in [2.75, 3.05) is 36.5 Å². The molecule has 25 heavy (non-hydrogen) atoms. The molecule has 6 nitrogen and oxygen atoms in total. The summed E-state index contributed by atoms with van der Waals surface area (Å²) in [7, 11) is 0. The van der Waals surface area contributed by atoms with E-state index in [4.69, 9.17) is 10.5 Å². The number of thiazole rings is 1. The number of benzene rings is 1. The highest BCUT2D eigenvalue weighted by molar-refractivity contribution is 7.09. The first-order valence-corrected chi connectivity index (χ1v) is 8.13. The molecular weight excluding hydrogens is 390 g/mol. The van der Waals surface area contributed by atoms with E-state index in [1.165, 1.54) is 23.5 Å². The molecule has 3 rings (SSSR count). The van der Waals surface area contributed by atoms with Gasteiger partial charge in [-0.15, -0.1) is 36.2 Å². The summed E-state index contributed by atoms with van der Waals surface area (Å²) in [5, 5.41) is 5.00. The summed E-state index contributed by atoms with van der Waals surface area (Å²) in [6, 6.07) is 4.50. The van der Waals surface area contributed by atoms with Crippen LogP contribution in [0.1, 0.15) is 15.5 Å². The fourth-order valence-electron chi connectivity index (χ4n) is 2.35. The number of nitrogens with zero attached hydrogens (tertiary/aromatic N) is 2. The second-order valence-electron chi connectivity index (χ2n) is 5.08. The zero-order valence-electron chi connectivity index (χ0n) is 13.2. The monoisotopic (exact) mass is 408 g/mol. The van der Waals surface area contributed by atoms with Crippen LogP contribution in [0.2, 0.25) is 0 Å². The number of carbonyl (C=O) groups is 1. The number of morpholine rings is 1. The molecule has 0 bridgehead atoms. The predicted octanol–water partition coefficient (Wildman–Crippen LogP) is 2.67. The summed E-state index contributed by atoms with van der Waals surface area (Å²) >= 11 is 1.32. The number of nitrogens with two attached hydrogens (primary N) is 1. The molecule has 1 aliphatic heterocycles. The minimum Gasteiger partial charge on any atom is -0.378 e. The van der Waals surface area contributed by atoms with Gasteiger partial charge in [-0.1, -0.05) is 0 Å². The van der Waals surface area contributed by atoms with Crippen LogP contribution in [-0.4, -0.2) is 37.2 Å². The average molecular weight is 409 g/mol. The Hall–Kier alpha value is -1.45. The third-order valence-electron chi connectivity index (χ3n) is 3.48. The molecule has 1 aromatic carbocycles. The third-order valence-corrected chi connectivity index (χ3v) is 4.35. The molecule has 0 unspecified atom stereocenters. The van der Waals surface area contributed by atoms with Gasteiger partial charge in [0.05, 0.1) is 13.2 Å². The molecule has 0 radical (unpaired) electrons. The summed E-state index contributed by atoms with van der Waals surface area (Å²) in [5.74, 6) is -0.773. The van der Waals surface area contributed by atoms with Gasteiger partial charge in [0.25, 0.3) is 5.91 Å². The number of anilines is 2. The zero-order chi connectivity index (χ0) is 16.2. The number of ether oxygens (including phenoxy) is 1. The maximum Gasteiger partial charge on any atom is 0.275 e. The topological polar surface area (TPSA) is 80.5 Å². The van der Waals surface area contributed by atoms with Gasteiger partial charge in [0, 0.05) is 36.4 Å². The molecule has 0 saturated carbocycles. The number of carbonyl (C=O) groups excluding carboxylic acids is 1. The molecule has 0 aliphatic carbocycles. The van der Waals surface area contributed by atoms with Crippen LogP contribution in [0.3, 0.4) is 0 Å². The second-order valence-corrected chi connectivity index (χ2v) is 6.02. The van der Waals surface area contributed by atoms with Crippen LogP contribution < -0.4 is 16.0 Å². The van der Waals surface area contributed by atoms with E-state index in [1.807, 2.05) is 4.90 Å². The van der Waals surface area contributed by atoms with Crippen LogP contribution in [0.15, 0.2) is 23.6 Å². The second kappa shape index (κ2) is 9.88. The van der Waals surface area contributed by atoms with Crippen LogP contribution >= 0.6 is 36.2 Å². The lowest BCUT2D eigenvalue weighted by molar-refractivity contribution is 0.102. The lowest BCUT2D eigenvalue weighted by Gasteiger charge is -2.29. The first-order valence-electron chi connectivity index (χ1n) is 7.25. The summed E-state index contributed by atoms with van der Waals surface area (Å²) in [6.07, 6.45) is 0. The molecule has 3 N–H and O–H groups in total. The van der Waals surface area contributed by atoms with Gasteiger partial charge in [0.2, 0.25) is 0 Å². The Bertz CT molecular complexity index is 711. The van der Waals surface area contributed by atoms with E-state index >= 15 is 0 Å². The Morgan fingerprint density at radius 3 is 2.68 bits per heavy atom. The highest BCUT2D eigenvalue weighted by Crippen LogP contribution is 2.23. The highest BCUT2D eigenvalue weighted by atomic mass is 35.5. The van der Waals surface area contributed by atoms with Crippen LogP contribution in [-0.2, 0) is 11.3 Å². The van der Waals surface area contributed by atoms with Gasteiger partial charge in [-0.2, -0.15) is 0 Å². The molecule has 1 fully saturated rings. The van der Waals surface area contributed by atoms with Gasteiger partial charge in [0.15, 0.2) is 0 Å². The number of rotatable bonds is 4. The van der Waals surface area contributed by atoms with Crippen molar-refractivity contribution in [1.29, 1.82) is 0 Å². The zero-order valence-corrected chi connectivity index (χ0v) is 15.7. The maximum atomic E-state index is 13.9. The molecule has 1 saturated heterocycles. The van der Waals surface area contributed by atoms with Gasteiger partial charge in [-0.05, 0) is 18.2 Å². The van der Waals surface area contributed by atoms with Gasteiger partial charge in [-0.3, -0.25) is 4.79 Å². The number of nitrogens with one attached hydrogen (secondary N) is 1. The maximum absolute atomic E-state index is 13.9. The molecule has 1 aliphatic rings. The number of hydrogen-bond donors (Lipinski definition) is 2. The molecule has 1 amide bonds. The lowest BCUT2D eigenvalue weighted by Crippen LogP contribution is -2.36. The van der Waals surface area contributed by atoms with Crippen molar-refractivity contribution in [3.8, 4) is 0 Å². The van der Waals surface area contributed by atoms with Crippen LogP contribution in [0.5, 0.6) is 0 Å². The Morgan fingerprint density at radius 1 is 1.32 bits per heavy atom. The Kier molecular flexibility index (Phi) is 8.54. The van der Waals surface area contributed by atoms with Crippen LogP contribution in [0.4, 0.5) is 15.8 Å². The summed E-state index contributed by atoms with van der Waals surface area (Å²) in [4.78, 5) is 18.3. The van der Waals surface area contributed by atoms with E-state index < -0.39 is 5.82 Å². The molecule has 0 spiro atoms. The number of halogens is 3. The number of amides is 1. The largest absolute Gasteiger partial charge is 0.378 e. The standard InChI is InChI=1S/C15H17FN4O2S.2ClH/c16-10-5-11(7-12(6-10)20-1-3-22-4-2-20)18-15(21)13-9-23-14(8-17)19-13;;/h5-7,9H,1-4,8,17H2,(H,18,21);2*1H. The first kappa shape index (κ1) is 21.6. The van der Waals surface area contributed by atoms with Crippen LogP contribution in [0.25, 0.3) is 0 Å². The van der Waals surface area contributed by atoms with Crippen molar-refractivity contribution in [2.24, 2.45) is 5.73 Å². The van der Waals surface area contributed by atoms with E-state index in [9.17, 15) is 9.18 Å². The molecule has 2 heterocycles. The van der Waals surface area contributed by atoms with Gasteiger partial charge < -0.3 is 20.7 Å². The van der Waals surface area contributed by atoms with E-state index in [1.54, 1.807) is 11.4 Å². The molecule has 1 aromatic heterocycles. The van der Waals surface area contributed by atoms with E-state index in [0.29, 0.717) is 43.5 Å². The normalized spacial score (nSPS) is 13.6. The lowest BCUT2D eigenvalue weighted by atomic mass is 10.2. The van der Waals surface area contributed by atoms with E-state index in [-0.39, 0.29) is 36.4 Å². The average Bonchev–Trinajstić information content (AvgIpc) is 3.04. The summed E-state index contributed by atoms with van der Waals surface area (Å²) in [5.41, 5.74) is 6.90. The minimum atomic E-state index is -0.398. The van der Waals surface area contributed by atoms with Crippen molar-refractivity contribution in [3.05, 3.63) is 40.1 Å². The predicted molar refractivity (Wildman–Crippen MR) is 102 cm³/mol. The minimum absolute atomic E-state index is 0. The molecular formula is C15H19Cl2FN4O2S. The third kappa shape index (κ3) is 5.52. The van der Waals surface area contributed by atoms with Crippen molar-refractivity contribution >= 4 is 53.4 Å². The number of aromatic nitrogens is 1. The molecule has 2 aromatic rings. The van der Waals surface area contributed by atoms with Gasteiger partial charge in [0.1, 0.15) is 16.5 Å². The smallest absolute Gasteiger partial charge is 0.275 e. The van der Waals surface area contributed by atoms with Crippen molar-refractivity contribution < 1.29 is 13.9 Å². The van der Waals surface area contributed by atoms with E-state index in [0.717, 1.165) is 5.69 Å². The Balaban J connectivity index is 0.00000156. The molecule has 138 valence electrons. The quantitative estimate of drug-likeness (QED) is 0.812. The van der Waals surface area contributed by atoms with Crippen molar-refractivity contribution in [3.63, 3.8) is 0 Å². The van der Waals surface area contributed by atoms with E-state index in [2.05, 4.69) is 10.3 Å². The first-order chi connectivity index (χ1) is 11.2. The number of hydrogen-bond acceptors (Lipinski definition) is 6. The summed E-state index contributed by atoms with van der Waals surface area (Å²) < 4.78 is 19.1. The van der Waals surface area contributed by atoms with Crippen molar-refractivity contribution in [1.82, 2.24) is 4.98 Å². The Labute approximate surface area is 161 Å². The SMILES string of the molecule is Cl.Cl.NCc1nc(C(=O)Nc2cc(F)cc(N3CCOCC3)c2)cs1. The van der Waals surface area contributed by atoms with Crippen molar-refractivity contribution in [2.45, 2.75) is 6.54 Å². The fraction of sp³-hybridized carbons (Fsp3) is 0.333. The molecule has 10 heteroatoms. The van der Waals surface area contributed by atoms with Gasteiger partial charge in [-0.25, -0.2) is 9.37 Å². The Morgan fingerprint density at radius 2 is 2.04 bits per heavy atom. The highest BCUT2D eigenvalue weighted by Gasteiger charge is 2.15. The summed E-state index contributed by atoms with van der Waals surface area (Å²) in [6.45, 7) is 2.91. The fourth-order valence-corrected chi connectivity index (χ4v) is 3.01.